The van der Waals surface area contributed by atoms with Gasteiger partial charge in [-0.3, -0.25) is 4.99 Å². The molecule has 0 aliphatic rings. The Labute approximate surface area is 191 Å². The summed E-state index contributed by atoms with van der Waals surface area (Å²) in [5.41, 5.74) is 3.57. The molecule has 0 aliphatic carbocycles. The highest BCUT2D eigenvalue weighted by molar-refractivity contribution is 14.0. The van der Waals surface area contributed by atoms with E-state index in [4.69, 9.17) is 14.2 Å². The molecular weight excluding hydrogens is 481 g/mol. The Morgan fingerprint density at radius 2 is 1.69 bits per heavy atom. The first kappa shape index (κ1) is 25.0. The maximum absolute atomic E-state index is 5.55. The van der Waals surface area contributed by atoms with Gasteiger partial charge in [0, 0.05) is 26.7 Å². The predicted octanol–water partition coefficient (Wildman–Crippen LogP) is 3.77. The Kier molecular flexibility index (Phi) is 12.1. The van der Waals surface area contributed by atoms with Crippen molar-refractivity contribution >= 4 is 29.9 Å². The first-order valence-corrected chi connectivity index (χ1v) is 9.51. The summed E-state index contributed by atoms with van der Waals surface area (Å²) < 4.78 is 16.2. The van der Waals surface area contributed by atoms with Crippen LogP contribution in [0.3, 0.4) is 0 Å². The summed E-state index contributed by atoms with van der Waals surface area (Å²) in [4.78, 5) is 4.31. The standard InChI is InChI=1S/C22H31N3O3.HI/c1-5-28-16-19-9-7-6-8-18(19)15-25-22(23-2)24-13-12-17-10-11-20(26-3)21(14-17)27-4;/h6-11,14H,5,12-13,15-16H2,1-4H3,(H2,23,24,25);1H. The van der Waals surface area contributed by atoms with Gasteiger partial charge in [0.2, 0.25) is 0 Å². The van der Waals surface area contributed by atoms with Gasteiger partial charge in [-0.2, -0.15) is 0 Å². The van der Waals surface area contributed by atoms with Crippen LogP contribution in [0, 0.1) is 0 Å². The number of halogens is 1. The van der Waals surface area contributed by atoms with Gasteiger partial charge in [0.15, 0.2) is 17.5 Å². The molecule has 0 unspecified atom stereocenters. The largest absolute Gasteiger partial charge is 0.493 e. The highest BCUT2D eigenvalue weighted by atomic mass is 127. The normalized spacial score (nSPS) is 10.8. The molecule has 0 heterocycles. The molecular formula is C22H32IN3O3. The highest BCUT2D eigenvalue weighted by Crippen LogP contribution is 2.27. The number of rotatable bonds is 10. The molecule has 0 saturated carbocycles. The molecule has 0 fully saturated rings. The SMILES string of the molecule is CCOCc1ccccc1CNC(=NC)NCCc1ccc(OC)c(OC)c1.I. The van der Waals surface area contributed by atoms with Crippen LogP contribution in [0.25, 0.3) is 0 Å². The van der Waals surface area contributed by atoms with Crippen molar-refractivity contribution in [1.29, 1.82) is 0 Å². The second kappa shape index (κ2) is 14.1. The summed E-state index contributed by atoms with van der Waals surface area (Å²) in [5.74, 6) is 2.25. The van der Waals surface area contributed by atoms with E-state index in [-0.39, 0.29) is 24.0 Å². The van der Waals surface area contributed by atoms with Crippen LogP contribution in [0.15, 0.2) is 47.5 Å². The van der Waals surface area contributed by atoms with Crippen LogP contribution in [0.4, 0.5) is 0 Å². The number of methoxy groups -OCH3 is 2. The van der Waals surface area contributed by atoms with E-state index in [0.717, 1.165) is 30.4 Å². The molecule has 0 saturated heterocycles. The third-order valence-corrected chi connectivity index (χ3v) is 4.40. The summed E-state index contributed by atoms with van der Waals surface area (Å²) in [7, 11) is 5.06. The zero-order valence-electron chi connectivity index (χ0n) is 17.7. The number of hydrogen-bond acceptors (Lipinski definition) is 4. The van der Waals surface area contributed by atoms with E-state index in [1.54, 1.807) is 21.3 Å². The van der Waals surface area contributed by atoms with Crippen LogP contribution in [0.5, 0.6) is 11.5 Å². The van der Waals surface area contributed by atoms with Crippen molar-refractivity contribution in [3.8, 4) is 11.5 Å². The molecule has 0 aromatic heterocycles. The lowest BCUT2D eigenvalue weighted by Gasteiger charge is -2.15. The minimum absolute atomic E-state index is 0. The first-order chi connectivity index (χ1) is 13.7. The molecule has 0 aliphatic heterocycles. The van der Waals surface area contributed by atoms with Gasteiger partial charge in [0.25, 0.3) is 0 Å². The average molecular weight is 513 g/mol. The van der Waals surface area contributed by atoms with Crippen molar-refractivity contribution in [3.05, 3.63) is 59.2 Å². The van der Waals surface area contributed by atoms with Crippen LogP contribution in [0.1, 0.15) is 23.6 Å². The molecule has 2 N–H and O–H groups in total. The maximum Gasteiger partial charge on any atom is 0.191 e. The van der Waals surface area contributed by atoms with Gasteiger partial charge < -0.3 is 24.8 Å². The van der Waals surface area contributed by atoms with E-state index < -0.39 is 0 Å². The molecule has 0 atom stereocenters. The zero-order chi connectivity index (χ0) is 20.2. The minimum Gasteiger partial charge on any atom is -0.493 e. The van der Waals surface area contributed by atoms with E-state index in [1.807, 2.05) is 37.3 Å². The summed E-state index contributed by atoms with van der Waals surface area (Å²) in [6.45, 7) is 4.79. The van der Waals surface area contributed by atoms with Gasteiger partial charge in [-0.15, -0.1) is 24.0 Å². The Balaban J connectivity index is 0.00000420. The lowest BCUT2D eigenvalue weighted by molar-refractivity contribution is 0.133. The van der Waals surface area contributed by atoms with Crippen molar-refractivity contribution in [1.82, 2.24) is 10.6 Å². The number of benzene rings is 2. The summed E-state index contributed by atoms with van der Waals surface area (Å²) in [6, 6.07) is 14.3. The number of nitrogens with zero attached hydrogens (tertiary/aromatic N) is 1. The smallest absolute Gasteiger partial charge is 0.191 e. The lowest BCUT2D eigenvalue weighted by atomic mass is 10.1. The topological polar surface area (TPSA) is 64.1 Å². The van der Waals surface area contributed by atoms with Crippen LogP contribution in [-0.4, -0.2) is 40.4 Å². The molecule has 0 amide bonds. The minimum atomic E-state index is 0. The van der Waals surface area contributed by atoms with Crippen molar-refractivity contribution < 1.29 is 14.2 Å². The second-order valence-electron chi connectivity index (χ2n) is 6.20. The number of ether oxygens (including phenoxy) is 3. The summed E-state index contributed by atoms with van der Waals surface area (Å²) in [5, 5.41) is 6.72. The van der Waals surface area contributed by atoms with E-state index in [9.17, 15) is 0 Å². The quantitative estimate of drug-likeness (QED) is 0.288. The van der Waals surface area contributed by atoms with E-state index in [2.05, 4.69) is 27.8 Å². The van der Waals surface area contributed by atoms with Crippen LogP contribution >= 0.6 is 24.0 Å². The Morgan fingerprint density at radius 1 is 0.966 bits per heavy atom. The molecule has 7 heteroatoms. The van der Waals surface area contributed by atoms with Gasteiger partial charge in [-0.05, 0) is 42.2 Å². The van der Waals surface area contributed by atoms with Crippen molar-refractivity contribution in [2.45, 2.75) is 26.5 Å². The van der Waals surface area contributed by atoms with Crippen LogP contribution in [0.2, 0.25) is 0 Å². The molecule has 6 nitrogen and oxygen atoms in total. The third kappa shape index (κ3) is 8.10. The maximum atomic E-state index is 5.55. The van der Waals surface area contributed by atoms with Gasteiger partial charge >= 0.3 is 0 Å². The fourth-order valence-corrected chi connectivity index (χ4v) is 2.84. The highest BCUT2D eigenvalue weighted by Gasteiger charge is 2.06. The summed E-state index contributed by atoms with van der Waals surface area (Å²) in [6.07, 6.45) is 0.849. The number of guanidine groups is 1. The Hall–Kier alpha value is -2.00. The average Bonchev–Trinajstić information content (AvgIpc) is 2.75. The zero-order valence-corrected chi connectivity index (χ0v) is 20.0. The van der Waals surface area contributed by atoms with Gasteiger partial charge in [-0.1, -0.05) is 30.3 Å². The van der Waals surface area contributed by atoms with Crippen molar-refractivity contribution in [2.24, 2.45) is 4.99 Å². The van der Waals surface area contributed by atoms with E-state index in [0.29, 0.717) is 19.8 Å². The van der Waals surface area contributed by atoms with Crippen LogP contribution in [-0.2, 0) is 24.3 Å². The summed E-state index contributed by atoms with van der Waals surface area (Å²) >= 11 is 0. The molecule has 160 valence electrons. The predicted molar refractivity (Wildman–Crippen MR) is 129 cm³/mol. The first-order valence-electron chi connectivity index (χ1n) is 9.51. The monoisotopic (exact) mass is 513 g/mol. The van der Waals surface area contributed by atoms with E-state index in [1.165, 1.54) is 16.7 Å². The molecule has 2 rings (SSSR count). The molecule has 0 spiro atoms. The molecule has 2 aromatic carbocycles. The second-order valence-corrected chi connectivity index (χ2v) is 6.20. The van der Waals surface area contributed by atoms with Gasteiger partial charge in [-0.25, -0.2) is 0 Å². The van der Waals surface area contributed by atoms with Crippen molar-refractivity contribution in [2.75, 3.05) is 34.4 Å². The van der Waals surface area contributed by atoms with Crippen LogP contribution < -0.4 is 20.1 Å². The molecule has 29 heavy (non-hydrogen) atoms. The number of hydrogen-bond donors (Lipinski definition) is 2. The number of aliphatic imine (C=N–C) groups is 1. The number of nitrogens with one attached hydrogen (secondary N) is 2. The molecule has 2 aromatic rings. The Bertz CT molecular complexity index is 769. The molecule has 0 bridgehead atoms. The lowest BCUT2D eigenvalue weighted by Crippen LogP contribution is -2.38. The van der Waals surface area contributed by atoms with Gasteiger partial charge in [0.05, 0.1) is 20.8 Å². The Morgan fingerprint density at radius 3 is 2.34 bits per heavy atom. The van der Waals surface area contributed by atoms with Gasteiger partial charge in [0.1, 0.15) is 0 Å². The third-order valence-electron chi connectivity index (χ3n) is 4.40. The fourth-order valence-electron chi connectivity index (χ4n) is 2.84. The molecule has 0 radical (unpaired) electrons. The van der Waals surface area contributed by atoms with Crippen molar-refractivity contribution in [3.63, 3.8) is 0 Å². The fraction of sp³-hybridized carbons (Fsp3) is 0.409. The van der Waals surface area contributed by atoms with E-state index >= 15 is 0 Å².